The van der Waals surface area contributed by atoms with Crippen LogP contribution in [-0.4, -0.2) is 30.6 Å². The molecule has 2 N–H and O–H groups in total. The van der Waals surface area contributed by atoms with Gasteiger partial charge in [0.25, 0.3) is 0 Å². The highest BCUT2D eigenvalue weighted by Gasteiger charge is 2.50. The van der Waals surface area contributed by atoms with Crippen molar-refractivity contribution in [2.75, 3.05) is 13.7 Å². The third kappa shape index (κ3) is 4.00. The summed E-state index contributed by atoms with van der Waals surface area (Å²) in [5, 5.41) is 11.8. The van der Waals surface area contributed by atoms with Crippen LogP contribution in [0.5, 0.6) is 5.75 Å². The van der Waals surface area contributed by atoms with Gasteiger partial charge in [-0.25, -0.2) is 0 Å². The van der Waals surface area contributed by atoms with Crippen LogP contribution >= 0.6 is 0 Å². The third-order valence-corrected chi connectivity index (χ3v) is 4.23. The second-order valence-corrected chi connectivity index (χ2v) is 6.19. The summed E-state index contributed by atoms with van der Waals surface area (Å²) in [6.45, 7) is 2.25. The van der Waals surface area contributed by atoms with E-state index in [0.717, 1.165) is 17.7 Å². The molecule has 0 bridgehead atoms. The molecule has 0 aromatic heterocycles. The van der Waals surface area contributed by atoms with E-state index in [-0.39, 0.29) is 18.4 Å². The van der Waals surface area contributed by atoms with E-state index in [1.807, 2.05) is 31.2 Å². The Hall–Kier alpha value is -2.04. The number of nitrogens with one attached hydrogen (secondary N) is 1. The summed E-state index contributed by atoms with van der Waals surface area (Å²) < 4.78 is 5.31. The van der Waals surface area contributed by atoms with E-state index in [0.29, 0.717) is 19.3 Å². The monoisotopic (exact) mass is 305 g/mol. The van der Waals surface area contributed by atoms with E-state index in [2.05, 4.69) is 5.32 Å². The van der Waals surface area contributed by atoms with Crippen LogP contribution in [0.1, 0.15) is 31.7 Å². The first-order valence-corrected chi connectivity index (χ1v) is 7.59. The highest BCUT2D eigenvalue weighted by Crippen LogP contribution is 2.45. The molecule has 0 radical (unpaired) electrons. The Morgan fingerprint density at radius 3 is 2.64 bits per heavy atom. The lowest BCUT2D eigenvalue weighted by Gasteiger charge is -2.15. The van der Waals surface area contributed by atoms with Crippen LogP contribution in [0.2, 0.25) is 0 Å². The number of methoxy groups -OCH3 is 1. The number of hydrogen-bond acceptors (Lipinski definition) is 3. The van der Waals surface area contributed by atoms with E-state index in [1.165, 1.54) is 0 Å². The fourth-order valence-corrected chi connectivity index (χ4v) is 2.59. The van der Waals surface area contributed by atoms with Crippen molar-refractivity contribution in [3.63, 3.8) is 0 Å². The second-order valence-electron chi connectivity index (χ2n) is 6.19. The predicted molar refractivity (Wildman–Crippen MR) is 82.8 cm³/mol. The normalized spacial score (nSPS) is 16.6. The minimum atomic E-state index is -0.810. The van der Waals surface area contributed by atoms with Crippen molar-refractivity contribution in [3.8, 4) is 5.75 Å². The molecule has 0 saturated heterocycles. The highest BCUT2D eigenvalue weighted by atomic mass is 16.5. The van der Waals surface area contributed by atoms with Gasteiger partial charge in [0.2, 0.25) is 5.91 Å². The third-order valence-electron chi connectivity index (χ3n) is 4.23. The molecule has 0 aliphatic heterocycles. The van der Waals surface area contributed by atoms with E-state index >= 15 is 0 Å². The molecule has 1 amide bonds. The van der Waals surface area contributed by atoms with Gasteiger partial charge in [-0.1, -0.05) is 25.1 Å². The van der Waals surface area contributed by atoms with Crippen molar-refractivity contribution in [2.24, 2.45) is 11.3 Å². The summed E-state index contributed by atoms with van der Waals surface area (Å²) in [6, 6.07) is 7.78. The molecule has 1 saturated carbocycles. The first-order chi connectivity index (χ1) is 10.5. The van der Waals surface area contributed by atoms with Gasteiger partial charge in [-0.05, 0) is 36.8 Å². The molecule has 1 aromatic rings. The first-order valence-electron chi connectivity index (χ1n) is 7.59. The van der Waals surface area contributed by atoms with E-state index in [4.69, 9.17) is 9.84 Å². The number of carboxylic acids is 1. The number of rotatable bonds is 8. The number of hydrogen-bond donors (Lipinski definition) is 2. The van der Waals surface area contributed by atoms with Crippen molar-refractivity contribution < 1.29 is 19.4 Å². The summed E-state index contributed by atoms with van der Waals surface area (Å²) in [5.41, 5.74) is 0.371. The number of para-hydroxylation sites is 1. The van der Waals surface area contributed by atoms with Crippen molar-refractivity contribution in [1.29, 1.82) is 0 Å². The molecule has 1 aromatic carbocycles. The van der Waals surface area contributed by atoms with Crippen molar-refractivity contribution >= 4 is 11.9 Å². The Morgan fingerprint density at radius 1 is 1.36 bits per heavy atom. The van der Waals surface area contributed by atoms with Crippen molar-refractivity contribution in [3.05, 3.63) is 29.8 Å². The van der Waals surface area contributed by atoms with Gasteiger partial charge < -0.3 is 15.2 Å². The van der Waals surface area contributed by atoms with E-state index < -0.39 is 11.4 Å². The zero-order chi connectivity index (χ0) is 16.2. The van der Waals surface area contributed by atoms with Gasteiger partial charge in [-0.3, -0.25) is 9.59 Å². The van der Waals surface area contributed by atoms with Crippen LogP contribution in [0.15, 0.2) is 24.3 Å². The predicted octanol–water partition coefficient (Wildman–Crippen LogP) is 2.24. The standard InChI is InChI=1S/C17H23NO4/c1-12(9-13-5-3-4-6-14(13)22-2)10-15(19)18-11-17(7-8-17)16(20)21/h3-6,12H,7-11H2,1-2H3,(H,18,19)(H,20,21). The van der Waals surface area contributed by atoms with Gasteiger partial charge in [-0.2, -0.15) is 0 Å². The molecular weight excluding hydrogens is 282 g/mol. The largest absolute Gasteiger partial charge is 0.496 e. The Morgan fingerprint density at radius 2 is 2.05 bits per heavy atom. The number of aliphatic carboxylic acids is 1. The van der Waals surface area contributed by atoms with Gasteiger partial charge in [0.05, 0.1) is 12.5 Å². The van der Waals surface area contributed by atoms with Gasteiger partial charge in [0, 0.05) is 13.0 Å². The summed E-state index contributed by atoms with van der Waals surface area (Å²) in [7, 11) is 1.64. The fourth-order valence-electron chi connectivity index (χ4n) is 2.59. The molecule has 1 fully saturated rings. The quantitative estimate of drug-likeness (QED) is 0.772. The molecule has 0 heterocycles. The molecule has 1 aliphatic carbocycles. The molecule has 22 heavy (non-hydrogen) atoms. The maximum absolute atomic E-state index is 12.0. The van der Waals surface area contributed by atoms with Crippen LogP contribution < -0.4 is 10.1 Å². The first kappa shape index (κ1) is 16.3. The number of carbonyl (C=O) groups excluding carboxylic acids is 1. The van der Waals surface area contributed by atoms with Crippen LogP contribution in [0, 0.1) is 11.3 Å². The molecule has 2 rings (SSSR count). The van der Waals surface area contributed by atoms with Gasteiger partial charge in [-0.15, -0.1) is 0 Å². The van der Waals surface area contributed by atoms with Gasteiger partial charge in [0.1, 0.15) is 5.75 Å². The molecule has 0 spiro atoms. The highest BCUT2D eigenvalue weighted by molar-refractivity contribution is 5.81. The molecule has 5 nitrogen and oxygen atoms in total. The summed E-state index contributed by atoms with van der Waals surface area (Å²) in [5.74, 6) is 0.0960. The molecule has 5 heteroatoms. The van der Waals surface area contributed by atoms with Gasteiger partial charge in [0.15, 0.2) is 0 Å². The maximum Gasteiger partial charge on any atom is 0.311 e. The SMILES string of the molecule is COc1ccccc1CC(C)CC(=O)NCC1(C(=O)O)CC1. The Bertz CT molecular complexity index is 551. The zero-order valence-electron chi connectivity index (χ0n) is 13.1. The summed E-state index contributed by atoms with van der Waals surface area (Å²) in [6.07, 6.45) is 2.44. The molecule has 1 atom stereocenters. The lowest BCUT2D eigenvalue weighted by Crippen LogP contribution is -2.35. The smallest absolute Gasteiger partial charge is 0.311 e. The zero-order valence-corrected chi connectivity index (χ0v) is 13.1. The second kappa shape index (κ2) is 6.81. The Balaban J connectivity index is 1.80. The number of ether oxygens (including phenoxy) is 1. The minimum Gasteiger partial charge on any atom is -0.496 e. The molecule has 1 aliphatic rings. The average molecular weight is 305 g/mol. The number of benzene rings is 1. The van der Waals surface area contributed by atoms with Crippen molar-refractivity contribution in [2.45, 2.75) is 32.6 Å². The number of amides is 1. The molecule has 120 valence electrons. The fraction of sp³-hybridized carbons (Fsp3) is 0.529. The minimum absolute atomic E-state index is 0.0880. The average Bonchev–Trinajstić information content (AvgIpc) is 3.27. The van der Waals surface area contributed by atoms with E-state index in [9.17, 15) is 9.59 Å². The van der Waals surface area contributed by atoms with Crippen LogP contribution in [0.25, 0.3) is 0 Å². The van der Waals surface area contributed by atoms with Crippen LogP contribution in [0.3, 0.4) is 0 Å². The lowest BCUT2D eigenvalue weighted by atomic mass is 9.97. The van der Waals surface area contributed by atoms with Crippen molar-refractivity contribution in [1.82, 2.24) is 5.32 Å². The maximum atomic E-state index is 12.0. The number of carbonyl (C=O) groups is 2. The van der Waals surface area contributed by atoms with Crippen LogP contribution in [-0.2, 0) is 16.0 Å². The Labute approximate surface area is 130 Å². The summed E-state index contributed by atoms with van der Waals surface area (Å²) in [4.78, 5) is 23.0. The van der Waals surface area contributed by atoms with Gasteiger partial charge >= 0.3 is 5.97 Å². The molecular formula is C17H23NO4. The van der Waals surface area contributed by atoms with E-state index in [1.54, 1.807) is 7.11 Å². The summed E-state index contributed by atoms with van der Waals surface area (Å²) >= 11 is 0. The lowest BCUT2D eigenvalue weighted by molar-refractivity contribution is -0.143. The van der Waals surface area contributed by atoms with Crippen LogP contribution in [0.4, 0.5) is 0 Å². The molecule has 1 unspecified atom stereocenters. The Kier molecular flexibility index (Phi) is 5.06. The topological polar surface area (TPSA) is 75.6 Å². The number of carboxylic acid groups (broad SMARTS) is 1.